The van der Waals surface area contributed by atoms with Gasteiger partial charge in [0, 0.05) is 22.9 Å². The minimum atomic E-state index is -4.78. The average Bonchev–Trinajstić information content (AvgIpc) is 2.50. The van der Waals surface area contributed by atoms with Crippen molar-refractivity contribution in [2.75, 3.05) is 5.32 Å². The number of hydrogen-bond acceptors (Lipinski definition) is 4. The van der Waals surface area contributed by atoms with Crippen molar-refractivity contribution in [2.45, 2.75) is 31.5 Å². The van der Waals surface area contributed by atoms with Crippen LogP contribution in [0.5, 0.6) is 0 Å². The van der Waals surface area contributed by atoms with Crippen LogP contribution in [0.4, 0.5) is 24.8 Å². The number of carbonyl (C=O) groups is 1. The lowest BCUT2D eigenvalue weighted by Crippen LogP contribution is -2.40. The molecule has 1 heterocycles. The fourth-order valence-corrected chi connectivity index (χ4v) is 2.53. The van der Waals surface area contributed by atoms with Crippen LogP contribution >= 0.6 is 11.6 Å². The number of alkyl halides is 3. The zero-order valence-electron chi connectivity index (χ0n) is 12.9. The Labute approximate surface area is 146 Å². The van der Waals surface area contributed by atoms with Gasteiger partial charge in [-0.3, -0.25) is 4.79 Å². The Morgan fingerprint density at radius 2 is 2.04 bits per heavy atom. The topological polar surface area (TPSA) is 66.9 Å². The third kappa shape index (κ3) is 4.19. The normalized spacial score (nSPS) is 14.7. The van der Waals surface area contributed by atoms with Crippen LogP contribution in [0.1, 0.15) is 35.3 Å². The van der Waals surface area contributed by atoms with Gasteiger partial charge in [-0.1, -0.05) is 17.7 Å². The summed E-state index contributed by atoms with van der Waals surface area (Å²) in [6.45, 7) is 0. The minimum absolute atomic E-state index is 0.0853. The SMILES string of the molecule is O=C(NC1CCC1)c1cnc(Nc2cccc(Cl)c2)nc1C(F)(F)F. The van der Waals surface area contributed by atoms with Gasteiger partial charge >= 0.3 is 6.18 Å². The lowest BCUT2D eigenvalue weighted by atomic mass is 9.93. The van der Waals surface area contributed by atoms with E-state index in [1.165, 1.54) is 6.07 Å². The monoisotopic (exact) mass is 370 g/mol. The van der Waals surface area contributed by atoms with Crippen LogP contribution in [-0.2, 0) is 6.18 Å². The number of benzene rings is 1. The highest BCUT2D eigenvalue weighted by Crippen LogP contribution is 2.31. The zero-order valence-corrected chi connectivity index (χ0v) is 13.7. The van der Waals surface area contributed by atoms with E-state index in [9.17, 15) is 18.0 Å². The second-order valence-corrected chi connectivity index (χ2v) is 6.13. The molecular formula is C16H14ClF3N4O. The largest absolute Gasteiger partial charge is 0.434 e. The highest BCUT2D eigenvalue weighted by atomic mass is 35.5. The van der Waals surface area contributed by atoms with E-state index < -0.39 is 23.3 Å². The molecule has 9 heteroatoms. The molecule has 0 aliphatic heterocycles. The molecule has 0 radical (unpaired) electrons. The molecule has 1 saturated carbocycles. The summed E-state index contributed by atoms with van der Waals surface area (Å²) in [4.78, 5) is 19.4. The maximum absolute atomic E-state index is 13.3. The van der Waals surface area contributed by atoms with Gasteiger partial charge < -0.3 is 10.6 Å². The van der Waals surface area contributed by atoms with Crippen molar-refractivity contribution >= 4 is 29.1 Å². The van der Waals surface area contributed by atoms with Crippen molar-refractivity contribution in [3.63, 3.8) is 0 Å². The van der Waals surface area contributed by atoms with Gasteiger partial charge in [0.25, 0.3) is 5.91 Å². The van der Waals surface area contributed by atoms with Gasteiger partial charge in [-0.15, -0.1) is 0 Å². The number of aromatic nitrogens is 2. The van der Waals surface area contributed by atoms with Crippen LogP contribution in [-0.4, -0.2) is 21.9 Å². The molecule has 1 aliphatic carbocycles. The van der Waals surface area contributed by atoms with Crippen molar-refractivity contribution < 1.29 is 18.0 Å². The van der Waals surface area contributed by atoms with Crippen LogP contribution in [0.2, 0.25) is 5.02 Å². The molecule has 1 aromatic carbocycles. The summed E-state index contributed by atoms with van der Waals surface area (Å²) in [6, 6.07) is 6.31. The number of halogens is 4. The molecule has 1 aliphatic rings. The van der Waals surface area contributed by atoms with Gasteiger partial charge in [-0.2, -0.15) is 13.2 Å². The fourth-order valence-electron chi connectivity index (χ4n) is 2.34. The van der Waals surface area contributed by atoms with Gasteiger partial charge in [0.15, 0.2) is 5.69 Å². The lowest BCUT2D eigenvalue weighted by molar-refractivity contribution is -0.141. The number of rotatable bonds is 4. The number of anilines is 2. The highest BCUT2D eigenvalue weighted by Gasteiger charge is 2.38. The Bertz CT molecular complexity index is 793. The molecule has 0 bridgehead atoms. The predicted molar refractivity (Wildman–Crippen MR) is 86.9 cm³/mol. The van der Waals surface area contributed by atoms with Crippen LogP contribution in [0.15, 0.2) is 30.5 Å². The average molecular weight is 371 g/mol. The summed E-state index contributed by atoms with van der Waals surface area (Å²) >= 11 is 5.84. The molecule has 25 heavy (non-hydrogen) atoms. The van der Waals surface area contributed by atoms with Crippen molar-refractivity contribution in [2.24, 2.45) is 0 Å². The van der Waals surface area contributed by atoms with Gasteiger partial charge in [-0.25, -0.2) is 9.97 Å². The first-order valence-electron chi connectivity index (χ1n) is 7.60. The number of carbonyl (C=O) groups excluding carboxylic acids is 1. The number of hydrogen-bond donors (Lipinski definition) is 2. The number of nitrogens with zero attached hydrogens (tertiary/aromatic N) is 2. The summed E-state index contributed by atoms with van der Waals surface area (Å²) in [5, 5.41) is 5.63. The van der Waals surface area contributed by atoms with Crippen LogP contribution < -0.4 is 10.6 Å². The van der Waals surface area contributed by atoms with Crippen LogP contribution in [0.3, 0.4) is 0 Å². The van der Waals surface area contributed by atoms with E-state index in [-0.39, 0.29) is 12.0 Å². The number of amides is 1. The van der Waals surface area contributed by atoms with E-state index >= 15 is 0 Å². The van der Waals surface area contributed by atoms with Gasteiger partial charge in [-0.05, 0) is 37.5 Å². The zero-order chi connectivity index (χ0) is 18.0. The predicted octanol–water partition coefficient (Wildman–Crippen LogP) is 4.17. The maximum atomic E-state index is 13.3. The molecule has 0 unspecified atom stereocenters. The Morgan fingerprint density at radius 3 is 2.64 bits per heavy atom. The second kappa shape index (κ2) is 6.87. The molecule has 0 saturated heterocycles. The lowest BCUT2D eigenvalue weighted by Gasteiger charge is -2.26. The van der Waals surface area contributed by atoms with Crippen LogP contribution in [0.25, 0.3) is 0 Å². The molecule has 0 atom stereocenters. The van der Waals surface area contributed by atoms with Crippen molar-refractivity contribution in [3.05, 3.63) is 46.7 Å². The van der Waals surface area contributed by atoms with Crippen molar-refractivity contribution in [1.29, 1.82) is 0 Å². The van der Waals surface area contributed by atoms with E-state index in [0.717, 1.165) is 25.5 Å². The second-order valence-electron chi connectivity index (χ2n) is 5.69. The molecule has 3 rings (SSSR count). The van der Waals surface area contributed by atoms with Crippen molar-refractivity contribution in [3.8, 4) is 0 Å². The summed E-state index contributed by atoms with van der Waals surface area (Å²) in [5.41, 5.74) is -1.42. The summed E-state index contributed by atoms with van der Waals surface area (Å²) < 4.78 is 39.9. The molecule has 0 spiro atoms. The fraction of sp³-hybridized carbons (Fsp3) is 0.312. The molecule has 2 aromatic rings. The molecule has 132 valence electrons. The Morgan fingerprint density at radius 1 is 1.28 bits per heavy atom. The molecule has 5 nitrogen and oxygen atoms in total. The standard InChI is InChI=1S/C16H14ClF3N4O/c17-9-3-1-6-11(7-9)23-15-21-8-12(13(24-15)16(18,19)20)14(25)22-10-4-2-5-10/h1,3,6-8,10H,2,4-5H2,(H,22,25)(H,21,23,24). The Kier molecular flexibility index (Phi) is 4.80. The van der Waals surface area contributed by atoms with E-state index in [1.54, 1.807) is 18.2 Å². The van der Waals surface area contributed by atoms with E-state index in [1.807, 2.05) is 0 Å². The third-order valence-electron chi connectivity index (χ3n) is 3.82. The number of nitrogens with one attached hydrogen (secondary N) is 2. The smallest absolute Gasteiger partial charge is 0.349 e. The minimum Gasteiger partial charge on any atom is -0.349 e. The molecule has 1 amide bonds. The molecule has 1 aromatic heterocycles. The summed E-state index contributed by atoms with van der Waals surface area (Å²) in [6.07, 6.45) is -1.41. The van der Waals surface area contributed by atoms with E-state index in [0.29, 0.717) is 10.7 Å². The molecular weight excluding hydrogens is 357 g/mol. The Balaban J connectivity index is 1.88. The maximum Gasteiger partial charge on any atom is 0.434 e. The first kappa shape index (κ1) is 17.5. The van der Waals surface area contributed by atoms with Crippen LogP contribution in [0, 0.1) is 0 Å². The third-order valence-corrected chi connectivity index (χ3v) is 4.06. The van der Waals surface area contributed by atoms with Gasteiger partial charge in [0.1, 0.15) is 0 Å². The summed E-state index contributed by atoms with van der Waals surface area (Å²) in [7, 11) is 0. The molecule has 1 fully saturated rings. The first-order chi connectivity index (χ1) is 11.8. The van der Waals surface area contributed by atoms with Gasteiger partial charge in [0.2, 0.25) is 5.95 Å². The molecule has 2 N–H and O–H groups in total. The van der Waals surface area contributed by atoms with E-state index in [2.05, 4.69) is 20.6 Å². The highest BCUT2D eigenvalue weighted by molar-refractivity contribution is 6.30. The summed E-state index contributed by atoms with van der Waals surface area (Å²) in [5.74, 6) is -1.08. The Hall–Kier alpha value is -2.35. The quantitative estimate of drug-likeness (QED) is 0.847. The van der Waals surface area contributed by atoms with Gasteiger partial charge in [0.05, 0.1) is 5.56 Å². The van der Waals surface area contributed by atoms with Crippen molar-refractivity contribution in [1.82, 2.24) is 15.3 Å². The first-order valence-corrected chi connectivity index (χ1v) is 7.98. The van der Waals surface area contributed by atoms with E-state index in [4.69, 9.17) is 11.6 Å².